The molecule has 0 radical (unpaired) electrons. The topological polar surface area (TPSA) is 168 Å². The van der Waals surface area contributed by atoms with Crippen molar-refractivity contribution >= 4 is 33.7 Å². The van der Waals surface area contributed by atoms with E-state index in [1.165, 1.54) is 11.0 Å². The number of sulfonamides is 1. The highest BCUT2D eigenvalue weighted by atomic mass is 32.2. The number of nitrogens with two attached hydrogens (primary N) is 1. The van der Waals surface area contributed by atoms with Gasteiger partial charge in [-0.05, 0) is 44.4 Å². The lowest BCUT2D eigenvalue weighted by molar-refractivity contribution is -0.140. The molecule has 3 saturated carbocycles. The van der Waals surface area contributed by atoms with Crippen LogP contribution in [-0.2, 0) is 29.2 Å². The van der Waals surface area contributed by atoms with Crippen LogP contribution in [0.1, 0.15) is 44.9 Å². The van der Waals surface area contributed by atoms with Crippen molar-refractivity contribution in [2.45, 2.75) is 67.8 Å². The molecule has 3 aliphatic carbocycles. The van der Waals surface area contributed by atoms with Gasteiger partial charge in [0.05, 0.1) is 11.8 Å². The van der Waals surface area contributed by atoms with Gasteiger partial charge in [0.1, 0.15) is 11.6 Å². The van der Waals surface area contributed by atoms with Gasteiger partial charge in [-0.2, -0.15) is 0 Å². The fraction of sp³-hybridized carbons (Fsp3) is 0.714. The summed E-state index contributed by atoms with van der Waals surface area (Å²) in [5, 5.41) is 4.69. The fourth-order valence-electron chi connectivity index (χ4n) is 4.34. The number of amides is 4. The molecule has 33 heavy (non-hydrogen) atoms. The molecule has 1 heterocycles. The Morgan fingerprint density at radius 2 is 1.85 bits per heavy atom. The van der Waals surface area contributed by atoms with Crippen molar-refractivity contribution in [3.8, 4) is 0 Å². The third kappa shape index (κ3) is 5.21. The summed E-state index contributed by atoms with van der Waals surface area (Å²) < 4.78 is 26.5. The number of carbonyl (C=O) groups excluding carboxylic acids is 4. The Hall–Kier alpha value is -2.47. The number of carbonyl (C=O) groups is 4. The van der Waals surface area contributed by atoms with Crippen LogP contribution in [0.25, 0.3) is 0 Å². The first-order chi connectivity index (χ1) is 15.6. The molecular formula is C21H31N5O6S. The Morgan fingerprint density at radius 1 is 1.15 bits per heavy atom. The zero-order valence-corrected chi connectivity index (χ0v) is 19.2. The minimum atomic E-state index is -3.78. The zero-order chi connectivity index (χ0) is 24.0. The number of rotatable bonds is 10. The van der Waals surface area contributed by atoms with Crippen LogP contribution in [0.2, 0.25) is 0 Å². The molecule has 5 N–H and O–H groups in total. The van der Waals surface area contributed by atoms with Crippen LogP contribution in [0.15, 0.2) is 12.7 Å². The van der Waals surface area contributed by atoms with Crippen molar-refractivity contribution in [1.82, 2.24) is 20.3 Å². The van der Waals surface area contributed by atoms with E-state index in [0.717, 1.165) is 12.8 Å². The summed E-state index contributed by atoms with van der Waals surface area (Å²) >= 11 is 0. The van der Waals surface area contributed by atoms with Crippen LogP contribution < -0.4 is 21.1 Å². The number of likely N-dealkylation sites (tertiary alicyclic amines) is 1. The van der Waals surface area contributed by atoms with E-state index in [1.807, 2.05) is 0 Å². The fourth-order valence-corrected chi connectivity index (χ4v) is 5.71. The van der Waals surface area contributed by atoms with Crippen LogP contribution in [0.5, 0.6) is 0 Å². The standard InChI is InChI=1S/C21H31N5O6S/c1-2-13-9-21(13,20(30)25-33(31,32)15-5-6-15)24-19(29)16-8-14(22)11-26(16)18(28)10-23-17(27)7-12-3-4-12/h2,12-16H,1,3-11,22H2,(H,23,27)(H,24,29)(H,25,30)/t13?,14-,16+,21?/m1/s1. The highest BCUT2D eigenvalue weighted by Crippen LogP contribution is 2.45. The van der Waals surface area contributed by atoms with E-state index in [0.29, 0.717) is 25.2 Å². The van der Waals surface area contributed by atoms with Crippen molar-refractivity contribution in [2.75, 3.05) is 13.1 Å². The molecule has 4 aliphatic rings. The molecular weight excluding hydrogens is 450 g/mol. The highest BCUT2D eigenvalue weighted by molar-refractivity contribution is 7.91. The molecule has 4 atom stereocenters. The maximum atomic E-state index is 13.1. The van der Waals surface area contributed by atoms with Gasteiger partial charge in [-0.15, -0.1) is 6.58 Å². The smallest absolute Gasteiger partial charge is 0.259 e. The van der Waals surface area contributed by atoms with E-state index in [-0.39, 0.29) is 31.8 Å². The van der Waals surface area contributed by atoms with E-state index >= 15 is 0 Å². The number of hydrogen-bond acceptors (Lipinski definition) is 7. The Morgan fingerprint density at radius 3 is 2.42 bits per heavy atom. The number of nitrogens with one attached hydrogen (secondary N) is 3. The molecule has 0 aromatic rings. The molecule has 12 heteroatoms. The monoisotopic (exact) mass is 481 g/mol. The Labute approximate surface area is 192 Å². The van der Waals surface area contributed by atoms with E-state index < -0.39 is 56.5 Å². The molecule has 0 bridgehead atoms. The van der Waals surface area contributed by atoms with Crippen LogP contribution in [0.3, 0.4) is 0 Å². The van der Waals surface area contributed by atoms with Crippen molar-refractivity contribution in [3.63, 3.8) is 0 Å². The van der Waals surface area contributed by atoms with Crippen LogP contribution >= 0.6 is 0 Å². The summed E-state index contributed by atoms with van der Waals surface area (Å²) in [5.74, 6) is -2.03. The van der Waals surface area contributed by atoms with Gasteiger partial charge in [0.15, 0.2) is 0 Å². The molecule has 4 amide bonds. The lowest BCUT2D eigenvalue weighted by Gasteiger charge is -2.26. The molecule has 1 saturated heterocycles. The Balaban J connectivity index is 1.39. The van der Waals surface area contributed by atoms with Gasteiger partial charge >= 0.3 is 0 Å². The largest absolute Gasteiger partial charge is 0.347 e. The van der Waals surface area contributed by atoms with Gasteiger partial charge in [0, 0.05) is 24.9 Å². The SMILES string of the molecule is C=CC1CC1(NC(=O)[C@@H]1C[C@@H](N)CN1C(=O)CNC(=O)CC1CC1)C(=O)NS(=O)(=O)C1CC1. The first-order valence-corrected chi connectivity index (χ1v) is 12.9. The van der Waals surface area contributed by atoms with Crippen LogP contribution in [0, 0.1) is 11.8 Å². The Bertz CT molecular complexity index is 976. The molecule has 4 rings (SSSR count). The van der Waals surface area contributed by atoms with Gasteiger partial charge in [0.2, 0.25) is 27.7 Å². The van der Waals surface area contributed by atoms with Crippen molar-refractivity contribution < 1.29 is 27.6 Å². The van der Waals surface area contributed by atoms with Gasteiger partial charge in [-0.25, -0.2) is 8.42 Å². The number of nitrogens with zero attached hydrogens (tertiary/aromatic N) is 1. The minimum absolute atomic E-state index is 0.148. The van der Waals surface area contributed by atoms with Crippen molar-refractivity contribution in [3.05, 3.63) is 12.7 Å². The summed E-state index contributed by atoms with van der Waals surface area (Å²) in [6.45, 7) is 3.58. The summed E-state index contributed by atoms with van der Waals surface area (Å²) in [6.07, 6.45) is 5.36. The summed E-state index contributed by atoms with van der Waals surface area (Å²) in [5.41, 5.74) is 4.59. The second-order valence-electron chi connectivity index (χ2n) is 9.66. The summed E-state index contributed by atoms with van der Waals surface area (Å²) in [4.78, 5) is 51.9. The van der Waals surface area contributed by atoms with E-state index in [4.69, 9.17) is 5.73 Å². The third-order valence-electron chi connectivity index (χ3n) is 6.81. The van der Waals surface area contributed by atoms with Crippen LogP contribution in [0.4, 0.5) is 0 Å². The summed E-state index contributed by atoms with van der Waals surface area (Å²) in [6, 6.07) is -1.34. The maximum absolute atomic E-state index is 13.1. The molecule has 1 aliphatic heterocycles. The quantitative estimate of drug-likeness (QED) is 0.275. The molecule has 4 fully saturated rings. The van der Waals surface area contributed by atoms with Crippen molar-refractivity contribution in [1.29, 1.82) is 0 Å². The highest BCUT2D eigenvalue weighted by Gasteiger charge is 2.61. The molecule has 182 valence electrons. The van der Waals surface area contributed by atoms with Crippen LogP contribution in [-0.4, -0.2) is 72.9 Å². The second-order valence-corrected chi connectivity index (χ2v) is 11.6. The lowest BCUT2D eigenvalue weighted by Crippen LogP contribution is -2.57. The first kappa shape index (κ1) is 23.7. The Kier molecular flexibility index (Phi) is 6.25. The second kappa shape index (κ2) is 8.71. The normalized spacial score (nSPS) is 30.9. The molecule has 0 spiro atoms. The van der Waals surface area contributed by atoms with Crippen molar-refractivity contribution in [2.24, 2.45) is 17.6 Å². The van der Waals surface area contributed by atoms with E-state index in [2.05, 4.69) is 21.9 Å². The summed E-state index contributed by atoms with van der Waals surface area (Å²) in [7, 11) is -3.78. The zero-order valence-electron chi connectivity index (χ0n) is 18.4. The molecule has 11 nitrogen and oxygen atoms in total. The lowest BCUT2D eigenvalue weighted by atomic mass is 10.1. The molecule has 2 unspecified atom stereocenters. The maximum Gasteiger partial charge on any atom is 0.259 e. The average molecular weight is 482 g/mol. The predicted molar refractivity (Wildman–Crippen MR) is 118 cm³/mol. The minimum Gasteiger partial charge on any atom is -0.347 e. The predicted octanol–water partition coefficient (Wildman–Crippen LogP) is -1.50. The molecule has 0 aromatic carbocycles. The first-order valence-electron chi connectivity index (χ1n) is 11.4. The third-order valence-corrected chi connectivity index (χ3v) is 8.63. The van der Waals surface area contributed by atoms with Gasteiger partial charge in [-0.1, -0.05) is 6.08 Å². The van der Waals surface area contributed by atoms with Gasteiger partial charge < -0.3 is 21.3 Å². The van der Waals surface area contributed by atoms with E-state index in [9.17, 15) is 27.6 Å². The van der Waals surface area contributed by atoms with Gasteiger partial charge in [-0.3, -0.25) is 23.9 Å². The molecule has 0 aromatic heterocycles. The number of hydrogen-bond donors (Lipinski definition) is 4. The average Bonchev–Trinajstić information content (AvgIpc) is 3.62. The van der Waals surface area contributed by atoms with E-state index in [1.54, 1.807) is 0 Å². The van der Waals surface area contributed by atoms with Gasteiger partial charge in [0.25, 0.3) is 5.91 Å².